The summed E-state index contributed by atoms with van der Waals surface area (Å²) < 4.78 is 1.65. The van der Waals surface area contributed by atoms with E-state index in [1.54, 1.807) is 4.57 Å². The molecule has 2 aromatic heterocycles. The van der Waals surface area contributed by atoms with Crippen LogP contribution in [0.4, 0.5) is 0 Å². The largest absolute Gasteiger partial charge is 0.298 e. The number of aryl methyl sites for hydroxylation is 4. The SMILES string of the molecule is Cc1ccc(CC(=O)CSc2nc3nc4c(cc3c(=O)n2-c2ccccc2C)CCCC4)cc1. The smallest absolute Gasteiger partial charge is 0.268 e. The summed E-state index contributed by atoms with van der Waals surface area (Å²) in [7, 11) is 0. The second kappa shape index (κ2) is 9.55. The van der Waals surface area contributed by atoms with E-state index < -0.39 is 0 Å². The second-order valence-corrected chi connectivity index (χ2v) is 9.93. The Labute approximate surface area is 203 Å². The maximum atomic E-state index is 13.7. The maximum absolute atomic E-state index is 13.7. The number of hydrogen-bond donors (Lipinski definition) is 0. The highest BCUT2D eigenvalue weighted by Gasteiger charge is 2.20. The van der Waals surface area contributed by atoms with Gasteiger partial charge in [0.05, 0.1) is 16.8 Å². The van der Waals surface area contributed by atoms with Gasteiger partial charge in [-0.25, -0.2) is 9.97 Å². The molecule has 0 aliphatic heterocycles. The molecule has 0 atom stereocenters. The number of thioether (sulfide) groups is 1. The number of fused-ring (bicyclic) bond motifs is 2. The van der Waals surface area contributed by atoms with Gasteiger partial charge in [-0.3, -0.25) is 14.2 Å². The minimum absolute atomic E-state index is 0.0953. The molecular formula is C28H27N3O2S. The van der Waals surface area contributed by atoms with Crippen LogP contribution in [0.25, 0.3) is 16.7 Å². The molecule has 34 heavy (non-hydrogen) atoms. The highest BCUT2D eigenvalue weighted by molar-refractivity contribution is 7.99. The Kier molecular flexibility index (Phi) is 6.33. The molecule has 2 aromatic carbocycles. The van der Waals surface area contributed by atoms with Gasteiger partial charge in [0.15, 0.2) is 10.8 Å². The molecule has 1 aliphatic rings. The third kappa shape index (κ3) is 4.55. The van der Waals surface area contributed by atoms with Crippen LogP contribution in [0, 0.1) is 13.8 Å². The first-order valence-electron chi connectivity index (χ1n) is 11.7. The molecule has 1 aliphatic carbocycles. The standard InChI is InChI=1S/C28H27N3O2S/c1-18-11-13-20(14-12-18)15-22(32)17-34-28-30-26-23(16-21-8-4-5-9-24(21)29-26)27(33)31(28)25-10-6-3-7-19(25)2/h3,6-7,10-14,16H,4-5,8-9,15,17H2,1-2H3. The zero-order valence-corrected chi connectivity index (χ0v) is 20.3. The topological polar surface area (TPSA) is 64.8 Å². The van der Waals surface area contributed by atoms with Crippen LogP contribution in [0.2, 0.25) is 0 Å². The van der Waals surface area contributed by atoms with Gasteiger partial charge in [0.1, 0.15) is 5.78 Å². The van der Waals surface area contributed by atoms with E-state index in [-0.39, 0.29) is 17.1 Å². The van der Waals surface area contributed by atoms with Crippen molar-refractivity contribution in [2.24, 2.45) is 0 Å². The lowest BCUT2D eigenvalue weighted by atomic mass is 9.95. The Bertz CT molecular complexity index is 1440. The molecule has 5 rings (SSSR count). The van der Waals surface area contributed by atoms with E-state index in [1.807, 2.05) is 68.4 Å². The minimum Gasteiger partial charge on any atom is -0.298 e. The van der Waals surface area contributed by atoms with Crippen LogP contribution in [0.15, 0.2) is 64.5 Å². The molecular weight excluding hydrogens is 442 g/mol. The molecule has 4 aromatic rings. The van der Waals surface area contributed by atoms with Crippen molar-refractivity contribution in [3.63, 3.8) is 0 Å². The van der Waals surface area contributed by atoms with Gasteiger partial charge in [-0.1, -0.05) is 59.8 Å². The van der Waals surface area contributed by atoms with Crippen molar-refractivity contribution in [2.45, 2.75) is 51.1 Å². The van der Waals surface area contributed by atoms with Gasteiger partial charge in [0.2, 0.25) is 0 Å². The highest BCUT2D eigenvalue weighted by Crippen LogP contribution is 2.26. The van der Waals surface area contributed by atoms with Crippen molar-refractivity contribution in [3.8, 4) is 5.69 Å². The third-order valence-electron chi connectivity index (χ3n) is 6.35. The molecule has 6 heteroatoms. The predicted octanol–water partition coefficient (Wildman–Crippen LogP) is 5.18. The summed E-state index contributed by atoms with van der Waals surface area (Å²) in [5.41, 5.74) is 6.47. The van der Waals surface area contributed by atoms with Gasteiger partial charge in [0.25, 0.3) is 5.56 Å². The predicted molar refractivity (Wildman–Crippen MR) is 137 cm³/mol. The number of aromatic nitrogens is 3. The van der Waals surface area contributed by atoms with Crippen LogP contribution in [0.1, 0.15) is 40.8 Å². The van der Waals surface area contributed by atoms with Gasteiger partial charge in [-0.2, -0.15) is 0 Å². The third-order valence-corrected chi connectivity index (χ3v) is 7.35. The Morgan fingerprint density at radius 1 is 1.00 bits per heavy atom. The zero-order chi connectivity index (χ0) is 23.7. The van der Waals surface area contributed by atoms with E-state index in [9.17, 15) is 9.59 Å². The second-order valence-electron chi connectivity index (χ2n) is 8.98. The van der Waals surface area contributed by atoms with Crippen molar-refractivity contribution >= 4 is 28.6 Å². The van der Waals surface area contributed by atoms with Gasteiger partial charge >= 0.3 is 0 Å². The van der Waals surface area contributed by atoms with E-state index in [1.165, 1.54) is 17.3 Å². The molecule has 0 bridgehead atoms. The molecule has 0 N–H and O–H groups in total. The van der Waals surface area contributed by atoms with Gasteiger partial charge in [0, 0.05) is 12.1 Å². The average molecular weight is 470 g/mol. The Morgan fingerprint density at radius 2 is 1.76 bits per heavy atom. The summed E-state index contributed by atoms with van der Waals surface area (Å²) in [6, 6.07) is 17.8. The normalized spacial score (nSPS) is 13.1. The molecule has 2 heterocycles. The number of para-hydroxylation sites is 1. The maximum Gasteiger partial charge on any atom is 0.268 e. The monoisotopic (exact) mass is 469 g/mol. The Balaban J connectivity index is 1.54. The molecule has 172 valence electrons. The lowest BCUT2D eigenvalue weighted by molar-refractivity contribution is -0.116. The molecule has 5 nitrogen and oxygen atoms in total. The lowest BCUT2D eigenvalue weighted by Gasteiger charge is -2.18. The first-order chi connectivity index (χ1) is 16.5. The number of pyridine rings is 1. The Hall–Kier alpha value is -3.25. The van der Waals surface area contributed by atoms with Crippen molar-refractivity contribution in [1.82, 2.24) is 14.5 Å². The van der Waals surface area contributed by atoms with E-state index in [0.29, 0.717) is 22.6 Å². The zero-order valence-electron chi connectivity index (χ0n) is 19.5. The summed E-state index contributed by atoms with van der Waals surface area (Å²) in [5, 5.41) is 1.05. The Morgan fingerprint density at radius 3 is 2.56 bits per heavy atom. The highest BCUT2D eigenvalue weighted by atomic mass is 32.2. The molecule has 0 saturated heterocycles. The summed E-state index contributed by atoms with van der Waals surface area (Å²) >= 11 is 1.31. The van der Waals surface area contributed by atoms with E-state index in [4.69, 9.17) is 9.97 Å². The van der Waals surface area contributed by atoms with Gasteiger partial charge in [-0.15, -0.1) is 0 Å². The molecule has 0 amide bonds. The first kappa shape index (κ1) is 22.5. The first-order valence-corrected chi connectivity index (χ1v) is 12.7. The van der Waals surface area contributed by atoms with Crippen LogP contribution in [-0.2, 0) is 24.1 Å². The average Bonchev–Trinajstić information content (AvgIpc) is 2.84. The van der Waals surface area contributed by atoms with Crippen LogP contribution in [0.5, 0.6) is 0 Å². The van der Waals surface area contributed by atoms with Crippen molar-refractivity contribution < 1.29 is 4.79 Å². The number of rotatable bonds is 6. The van der Waals surface area contributed by atoms with Gasteiger partial charge in [-0.05, 0) is 68.4 Å². The van der Waals surface area contributed by atoms with E-state index in [2.05, 4.69) is 0 Å². The summed E-state index contributed by atoms with van der Waals surface area (Å²) in [6.07, 6.45) is 4.47. The number of hydrogen-bond acceptors (Lipinski definition) is 5. The molecule has 0 spiro atoms. The number of carbonyl (C=O) groups is 1. The quantitative estimate of drug-likeness (QED) is 0.288. The fourth-order valence-corrected chi connectivity index (χ4v) is 5.32. The number of carbonyl (C=O) groups excluding carboxylic acids is 1. The number of benzene rings is 2. The van der Waals surface area contributed by atoms with E-state index in [0.717, 1.165) is 53.8 Å². The summed E-state index contributed by atoms with van der Waals surface area (Å²) in [5.74, 6) is 0.334. The van der Waals surface area contributed by atoms with Crippen molar-refractivity contribution in [1.29, 1.82) is 0 Å². The molecule has 0 fully saturated rings. The molecule has 0 unspecified atom stereocenters. The lowest BCUT2D eigenvalue weighted by Crippen LogP contribution is -2.24. The van der Waals surface area contributed by atoms with Crippen molar-refractivity contribution in [3.05, 3.63) is 92.9 Å². The summed E-state index contributed by atoms with van der Waals surface area (Å²) in [4.78, 5) is 36.1. The van der Waals surface area contributed by atoms with E-state index >= 15 is 0 Å². The molecule has 0 radical (unpaired) electrons. The van der Waals surface area contributed by atoms with Gasteiger partial charge < -0.3 is 0 Å². The fourth-order valence-electron chi connectivity index (χ4n) is 4.47. The fraction of sp³-hybridized carbons (Fsp3) is 0.286. The van der Waals surface area contributed by atoms with Crippen LogP contribution in [0.3, 0.4) is 0 Å². The van der Waals surface area contributed by atoms with Crippen LogP contribution < -0.4 is 5.56 Å². The minimum atomic E-state index is -0.131. The van der Waals surface area contributed by atoms with Crippen LogP contribution >= 0.6 is 11.8 Å². The molecule has 0 saturated carbocycles. The van der Waals surface area contributed by atoms with Crippen molar-refractivity contribution in [2.75, 3.05) is 5.75 Å². The number of nitrogens with zero attached hydrogens (tertiary/aromatic N) is 3. The number of Topliss-reactive ketones (excluding diaryl/α,β-unsaturated/α-hetero) is 1. The summed E-state index contributed by atoms with van der Waals surface area (Å²) in [6.45, 7) is 4.01. The van der Waals surface area contributed by atoms with Crippen LogP contribution in [-0.4, -0.2) is 26.1 Å². The number of ketones is 1.